The van der Waals surface area contributed by atoms with Crippen LogP contribution in [0.4, 0.5) is 0 Å². The Morgan fingerprint density at radius 2 is 2.00 bits per heavy atom. The molecule has 1 unspecified atom stereocenters. The summed E-state index contributed by atoms with van der Waals surface area (Å²) < 4.78 is 0. The molecule has 2 atom stereocenters. The van der Waals surface area contributed by atoms with Gasteiger partial charge >= 0.3 is 5.97 Å². The highest BCUT2D eigenvalue weighted by atomic mass is 16.4. The van der Waals surface area contributed by atoms with Crippen LogP contribution in [0.25, 0.3) is 17.0 Å². The first-order valence-corrected chi connectivity index (χ1v) is 11.7. The van der Waals surface area contributed by atoms with Gasteiger partial charge in [0.2, 0.25) is 11.7 Å². The summed E-state index contributed by atoms with van der Waals surface area (Å²) in [6.45, 7) is 6.18. The zero-order chi connectivity index (χ0) is 23.8. The van der Waals surface area contributed by atoms with Crippen LogP contribution in [0, 0.1) is 11.8 Å². The zero-order valence-corrected chi connectivity index (χ0v) is 19.6. The van der Waals surface area contributed by atoms with E-state index in [1.807, 2.05) is 45.0 Å². The summed E-state index contributed by atoms with van der Waals surface area (Å²) in [5.41, 5.74) is 3.04. The second-order valence-electron chi connectivity index (χ2n) is 8.80. The second kappa shape index (κ2) is 11.5. The number of H-pyrrole nitrogens is 1. The number of aromatic nitrogens is 4. The average molecular weight is 452 g/mol. The SMILES string of the molecule is CCCCC(=O)N(CCC1C=CC(c2ccccc2-c2nn[nH]n2)=CC1)[C@H](C(=O)O)C(C)C. The summed E-state index contributed by atoms with van der Waals surface area (Å²) >= 11 is 0. The minimum atomic E-state index is -0.936. The molecule has 0 saturated heterocycles. The van der Waals surface area contributed by atoms with E-state index in [0.29, 0.717) is 18.8 Å². The number of aromatic amines is 1. The molecular formula is C25H33N5O3. The number of amides is 1. The van der Waals surface area contributed by atoms with Gasteiger partial charge in [0.25, 0.3) is 0 Å². The molecule has 0 saturated carbocycles. The van der Waals surface area contributed by atoms with Gasteiger partial charge in [0.1, 0.15) is 6.04 Å². The molecule has 2 N–H and O–H groups in total. The average Bonchev–Trinajstić information content (AvgIpc) is 3.35. The maximum atomic E-state index is 12.8. The number of hydrogen-bond acceptors (Lipinski definition) is 5. The molecular weight excluding hydrogens is 418 g/mol. The molecule has 1 aromatic carbocycles. The van der Waals surface area contributed by atoms with Gasteiger partial charge < -0.3 is 10.0 Å². The van der Waals surface area contributed by atoms with Crippen molar-refractivity contribution in [1.82, 2.24) is 25.5 Å². The van der Waals surface area contributed by atoms with E-state index >= 15 is 0 Å². The first-order valence-electron chi connectivity index (χ1n) is 11.7. The predicted molar refractivity (Wildman–Crippen MR) is 127 cm³/mol. The monoisotopic (exact) mass is 451 g/mol. The summed E-state index contributed by atoms with van der Waals surface area (Å²) in [5, 5.41) is 24.1. The summed E-state index contributed by atoms with van der Waals surface area (Å²) in [6, 6.07) is 7.14. The predicted octanol–water partition coefficient (Wildman–Crippen LogP) is 4.34. The summed E-state index contributed by atoms with van der Waals surface area (Å²) in [7, 11) is 0. The fourth-order valence-corrected chi connectivity index (χ4v) is 4.26. The molecule has 0 fully saturated rings. The van der Waals surface area contributed by atoms with Crippen molar-refractivity contribution in [1.29, 1.82) is 0 Å². The van der Waals surface area contributed by atoms with Gasteiger partial charge in [-0.3, -0.25) is 4.79 Å². The van der Waals surface area contributed by atoms with Crippen LogP contribution in [0.15, 0.2) is 42.5 Å². The van der Waals surface area contributed by atoms with Crippen molar-refractivity contribution in [2.24, 2.45) is 11.8 Å². The molecule has 1 aromatic heterocycles. The number of allylic oxidation sites excluding steroid dienone is 4. The summed E-state index contributed by atoms with van der Waals surface area (Å²) in [6.07, 6.45) is 10.0. The molecule has 3 rings (SSSR count). The van der Waals surface area contributed by atoms with Crippen LogP contribution in [-0.2, 0) is 9.59 Å². The van der Waals surface area contributed by atoms with E-state index in [1.54, 1.807) is 4.90 Å². The Morgan fingerprint density at radius 1 is 1.24 bits per heavy atom. The highest BCUT2D eigenvalue weighted by Crippen LogP contribution is 2.31. The number of rotatable bonds is 11. The zero-order valence-electron chi connectivity index (χ0n) is 19.6. The van der Waals surface area contributed by atoms with E-state index in [-0.39, 0.29) is 17.7 Å². The molecule has 2 aromatic rings. The van der Waals surface area contributed by atoms with Crippen LogP contribution in [0.2, 0.25) is 0 Å². The summed E-state index contributed by atoms with van der Waals surface area (Å²) in [4.78, 5) is 26.3. The highest BCUT2D eigenvalue weighted by Gasteiger charge is 2.32. The first kappa shape index (κ1) is 24.4. The Kier molecular flexibility index (Phi) is 8.52. The van der Waals surface area contributed by atoms with Crippen molar-refractivity contribution in [2.75, 3.05) is 6.54 Å². The molecule has 0 bridgehead atoms. The quantitative estimate of drug-likeness (QED) is 0.525. The third-order valence-corrected chi connectivity index (χ3v) is 6.04. The standard InChI is InChI=1S/C25H33N5O3/c1-4-5-10-22(31)30(23(17(2)3)25(32)33)16-15-18-11-13-19(14-12-18)20-8-6-7-9-21(20)24-26-28-29-27-24/h6-9,11,13-14,17-18,23H,4-5,10,12,15-16H2,1-3H3,(H,32,33)(H,26,27,28,29)/t18?,23-/m0/s1. The Bertz CT molecular complexity index is 997. The van der Waals surface area contributed by atoms with Gasteiger partial charge in [-0.05, 0) is 47.4 Å². The van der Waals surface area contributed by atoms with Gasteiger partial charge in [0.05, 0.1) is 0 Å². The molecule has 8 heteroatoms. The van der Waals surface area contributed by atoms with Gasteiger partial charge in [0.15, 0.2) is 0 Å². The lowest BCUT2D eigenvalue weighted by molar-refractivity contribution is -0.152. The Labute approximate surface area is 194 Å². The van der Waals surface area contributed by atoms with Crippen molar-refractivity contribution in [2.45, 2.75) is 58.9 Å². The Morgan fingerprint density at radius 3 is 2.58 bits per heavy atom. The topological polar surface area (TPSA) is 112 Å². The van der Waals surface area contributed by atoms with E-state index in [2.05, 4.69) is 38.9 Å². The maximum absolute atomic E-state index is 12.8. The van der Waals surface area contributed by atoms with Gasteiger partial charge in [-0.25, -0.2) is 4.79 Å². The van der Waals surface area contributed by atoms with Crippen LogP contribution in [0.3, 0.4) is 0 Å². The normalized spacial score (nSPS) is 16.5. The molecule has 176 valence electrons. The molecule has 0 aliphatic heterocycles. The Balaban J connectivity index is 1.69. The lowest BCUT2D eigenvalue weighted by Gasteiger charge is -2.33. The fraction of sp³-hybridized carbons (Fsp3) is 0.480. The van der Waals surface area contributed by atoms with Crippen molar-refractivity contribution in [3.63, 3.8) is 0 Å². The number of aliphatic carboxylic acids is 1. The van der Waals surface area contributed by atoms with E-state index < -0.39 is 12.0 Å². The summed E-state index contributed by atoms with van der Waals surface area (Å²) in [5.74, 6) is -0.355. The lowest BCUT2D eigenvalue weighted by atomic mass is 9.89. The second-order valence-corrected chi connectivity index (χ2v) is 8.80. The Hall–Kier alpha value is -3.29. The number of carboxylic acid groups (broad SMARTS) is 1. The van der Waals surface area contributed by atoms with Crippen LogP contribution < -0.4 is 0 Å². The lowest BCUT2D eigenvalue weighted by Crippen LogP contribution is -2.48. The number of benzene rings is 1. The van der Waals surface area contributed by atoms with Gasteiger partial charge in [-0.1, -0.05) is 69.7 Å². The number of unbranched alkanes of at least 4 members (excludes halogenated alkanes) is 1. The maximum Gasteiger partial charge on any atom is 0.326 e. The molecule has 1 amide bonds. The number of nitrogens with zero attached hydrogens (tertiary/aromatic N) is 4. The van der Waals surface area contributed by atoms with E-state index in [1.165, 1.54) is 0 Å². The number of carboxylic acids is 1. The van der Waals surface area contributed by atoms with E-state index in [9.17, 15) is 14.7 Å². The van der Waals surface area contributed by atoms with Crippen LogP contribution in [0.5, 0.6) is 0 Å². The molecule has 1 aliphatic rings. The third kappa shape index (κ3) is 6.15. The molecule has 8 nitrogen and oxygen atoms in total. The highest BCUT2D eigenvalue weighted by molar-refractivity contribution is 5.84. The van der Waals surface area contributed by atoms with Crippen molar-refractivity contribution in [3.8, 4) is 11.4 Å². The number of hydrogen-bond donors (Lipinski definition) is 2. The van der Waals surface area contributed by atoms with Crippen molar-refractivity contribution in [3.05, 3.63) is 48.1 Å². The van der Waals surface area contributed by atoms with Crippen LogP contribution >= 0.6 is 0 Å². The van der Waals surface area contributed by atoms with Gasteiger partial charge in [-0.15, -0.1) is 10.2 Å². The minimum Gasteiger partial charge on any atom is -0.480 e. The smallest absolute Gasteiger partial charge is 0.326 e. The minimum absolute atomic E-state index is 0.0667. The molecule has 1 heterocycles. The fourth-order valence-electron chi connectivity index (χ4n) is 4.26. The third-order valence-electron chi connectivity index (χ3n) is 6.04. The van der Waals surface area contributed by atoms with Gasteiger partial charge in [0, 0.05) is 18.5 Å². The van der Waals surface area contributed by atoms with E-state index in [0.717, 1.165) is 42.4 Å². The van der Waals surface area contributed by atoms with E-state index in [4.69, 9.17) is 0 Å². The van der Waals surface area contributed by atoms with Crippen molar-refractivity contribution >= 4 is 17.4 Å². The first-order chi connectivity index (χ1) is 15.9. The molecule has 0 spiro atoms. The van der Waals surface area contributed by atoms with Crippen molar-refractivity contribution < 1.29 is 14.7 Å². The number of tetrazole rings is 1. The van der Waals surface area contributed by atoms with Crippen LogP contribution in [-0.4, -0.2) is 55.1 Å². The molecule has 33 heavy (non-hydrogen) atoms. The van der Waals surface area contributed by atoms with Gasteiger partial charge in [-0.2, -0.15) is 5.21 Å². The molecule has 0 radical (unpaired) electrons. The van der Waals surface area contributed by atoms with Crippen LogP contribution in [0.1, 0.15) is 58.4 Å². The number of carbonyl (C=O) groups is 2. The number of nitrogens with one attached hydrogen (secondary N) is 1. The number of carbonyl (C=O) groups excluding carboxylic acids is 1. The largest absolute Gasteiger partial charge is 0.480 e. The molecule has 1 aliphatic carbocycles.